The summed E-state index contributed by atoms with van der Waals surface area (Å²) in [5, 5.41) is 12.1. The van der Waals surface area contributed by atoms with Crippen molar-refractivity contribution in [1.82, 2.24) is 10.2 Å². The van der Waals surface area contributed by atoms with Gasteiger partial charge in [-0.05, 0) is 12.8 Å². The van der Waals surface area contributed by atoms with Crippen molar-refractivity contribution in [1.29, 1.82) is 0 Å². The largest absolute Gasteiger partial charge is 0.301 e. The molecule has 6 heteroatoms. The van der Waals surface area contributed by atoms with Gasteiger partial charge < -0.3 is 5.32 Å². The van der Waals surface area contributed by atoms with Gasteiger partial charge in [-0.1, -0.05) is 48.6 Å². The average Bonchev–Trinajstić information content (AvgIpc) is 2.95. The number of aryl methyl sites for hydroxylation is 1. The molecule has 0 aliphatic heterocycles. The number of nitrogens with one attached hydrogen (secondary N) is 1. The number of carbonyl (C=O) groups excluding carboxylic acids is 2. The topological polar surface area (TPSA) is 72.0 Å². The highest BCUT2D eigenvalue weighted by molar-refractivity contribution is 7.15. The van der Waals surface area contributed by atoms with Gasteiger partial charge in [-0.3, -0.25) is 9.59 Å². The summed E-state index contributed by atoms with van der Waals surface area (Å²) in [6, 6.07) is 9.13. The summed E-state index contributed by atoms with van der Waals surface area (Å²) >= 11 is 1.40. The molecule has 0 aliphatic rings. The summed E-state index contributed by atoms with van der Waals surface area (Å²) in [6.07, 6.45) is 3.08. The number of Topliss-reactive ketones (excluding diaryl/α,β-unsaturated/α-hetero) is 1. The molecule has 0 bridgehead atoms. The van der Waals surface area contributed by atoms with Gasteiger partial charge in [0, 0.05) is 24.8 Å². The first-order valence-electron chi connectivity index (χ1n) is 7.39. The van der Waals surface area contributed by atoms with Crippen molar-refractivity contribution in [3.8, 4) is 0 Å². The van der Waals surface area contributed by atoms with E-state index in [1.165, 1.54) is 11.3 Å². The van der Waals surface area contributed by atoms with Crippen molar-refractivity contribution in [2.24, 2.45) is 0 Å². The summed E-state index contributed by atoms with van der Waals surface area (Å²) in [4.78, 5) is 23.7. The van der Waals surface area contributed by atoms with Crippen molar-refractivity contribution in [3.63, 3.8) is 0 Å². The molecule has 0 saturated heterocycles. The van der Waals surface area contributed by atoms with E-state index in [0.717, 1.165) is 17.8 Å². The van der Waals surface area contributed by atoms with Gasteiger partial charge in [0.15, 0.2) is 5.78 Å². The highest BCUT2D eigenvalue weighted by Crippen LogP contribution is 2.17. The Labute approximate surface area is 133 Å². The molecule has 2 aromatic rings. The number of aromatic nitrogens is 2. The smallest absolute Gasteiger partial charge is 0.226 e. The maximum atomic E-state index is 11.9. The molecule has 1 amide bonds. The Morgan fingerprint density at radius 3 is 2.64 bits per heavy atom. The highest BCUT2D eigenvalue weighted by Gasteiger charge is 2.10. The summed E-state index contributed by atoms with van der Waals surface area (Å²) in [6.45, 7) is 2.07. The minimum Gasteiger partial charge on any atom is -0.301 e. The van der Waals surface area contributed by atoms with Gasteiger partial charge in [-0.2, -0.15) is 0 Å². The fourth-order valence-electron chi connectivity index (χ4n) is 1.98. The fourth-order valence-corrected chi connectivity index (χ4v) is 2.84. The molecule has 116 valence electrons. The average molecular weight is 317 g/mol. The molecule has 1 aromatic carbocycles. The first-order valence-corrected chi connectivity index (χ1v) is 8.21. The third-order valence-electron chi connectivity index (χ3n) is 3.08. The minimum absolute atomic E-state index is 0.0644. The Hall–Kier alpha value is -2.08. The van der Waals surface area contributed by atoms with Gasteiger partial charge in [0.25, 0.3) is 0 Å². The van der Waals surface area contributed by atoms with Crippen LogP contribution < -0.4 is 5.32 Å². The second kappa shape index (κ2) is 8.38. The second-order valence-electron chi connectivity index (χ2n) is 4.94. The Kier molecular flexibility index (Phi) is 6.21. The van der Waals surface area contributed by atoms with Crippen LogP contribution >= 0.6 is 11.3 Å². The number of ketones is 1. The number of rotatable bonds is 8. The maximum Gasteiger partial charge on any atom is 0.226 e. The number of amides is 1. The van der Waals surface area contributed by atoms with E-state index < -0.39 is 0 Å². The maximum absolute atomic E-state index is 11.9. The molecule has 0 atom stereocenters. The monoisotopic (exact) mass is 317 g/mol. The molecule has 0 aliphatic carbocycles. The molecule has 0 radical (unpaired) electrons. The van der Waals surface area contributed by atoms with Crippen LogP contribution in [0.3, 0.4) is 0 Å². The van der Waals surface area contributed by atoms with E-state index in [1.54, 1.807) is 12.1 Å². The Morgan fingerprint density at radius 1 is 1.14 bits per heavy atom. The first kappa shape index (κ1) is 16.3. The predicted molar refractivity (Wildman–Crippen MR) is 87.2 cm³/mol. The van der Waals surface area contributed by atoms with Crippen LogP contribution in [0, 0.1) is 0 Å². The van der Waals surface area contributed by atoms with Gasteiger partial charge in [-0.15, -0.1) is 10.2 Å². The SMILES string of the molecule is CCCc1nnc(NC(=O)CCCC(=O)c2ccccc2)s1. The Morgan fingerprint density at radius 2 is 1.91 bits per heavy atom. The third-order valence-corrected chi connectivity index (χ3v) is 3.98. The lowest BCUT2D eigenvalue weighted by atomic mass is 10.1. The number of hydrogen-bond donors (Lipinski definition) is 1. The summed E-state index contributed by atoms with van der Waals surface area (Å²) in [5.41, 5.74) is 0.691. The van der Waals surface area contributed by atoms with Crippen LogP contribution in [0.4, 0.5) is 5.13 Å². The lowest BCUT2D eigenvalue weighted by Crippen LogP contribution is -2.11. The zero-order valence-electron chi connectivity index (χ0n) is 12.5. The molecule has 2 rings (SSSR count). The lowest BCUT2D eigenvalue weighted by molar-refractivity contribution is -0.116. The second-order valence-corrected chi connectivity index (χ2v) is 6.00. The molecule has 22 heavy (non-hydrogen) atoms. The van der Waals surface area contributed by atoms with E-state index in [2.05, 4.69) is 22.4 Å². The van der Waals surface area contributed by atoms with E-state index in [9.17, 15) is 9.59 Å². The molecular formula is C16H19N3O2S. The zero-order chi connectivity index (χ0) is 15.8. The molecular weight excluding hydrogens is 298 g/mol. The molecule has 1 aromatic heterocycles. The van der Waals surface area contributed by atoms with Crippen molar-refractivity contribution in [3.05, 3.63) is 40.9 Å². The molecule has 0 unspecified atom stereocenters. The molecule has 0 fully saturated rings. The number of benzene rings is 1. The highest BCUT2D eigenvalue weighted by atomic mass is 32.1. The fraction of sp³-hybridized carbons (Fsp3) is 0.375. The van der Waals surface area contributed by atoms with Crippen LogP contribution in [-0.4, -0.2) is 21.9 Å². The normalized spacial score (nSPS) is 10.4. The van der Waals surface area contributed by atoms with E-state index >= 15 is 0 Å². The van der Waals surface area contributed by atoms with E-state index in [-0.39, 0.29) is 11.7 Å². The van der Waals surface area contributed by atoms with E-state index in [0.29, 0.717) is 30.0 Å². The third kappa shape index (κ3) is 5.04. The standard InChI is InChI=1S/C16H19N3O2S/c1-2-7-15-18-19-16(22-15)17-14(21)11-6-10-13(20)12-8-4-3-5-9-12/h3-5,8-9H,2,6-7,10-11H2,1H3,(H,17,19,21). The number of anilines is 1. The summed E-state index contributed by atoms with van der Waals surface area (Å²) < 4.78 is 0. The molecule has 0 spiro atoms. The predicted octanol–water partition coefficient (Wildman–Crippen LogP) is 3.48. The van der Waals surface area contributed by atoms with E-state index in [1.807, 2.05) is 18.2 Å². The Balaban J connectivity index is 1.72. The van der Waals surface area contributed by atoms with Crippen molar-refractivity contribution in [2.75, 3.05) is 5.32 Å². The van der Waals surface area contributed by atoms with Crippen molar-refractivity contribution in [2.45, 2.75) is 39.0 Å². The quantitative estimate of drug-likeness (QED) is 0.757. The molecule has 1 heterocycles. The van der Waals surface area contributed by atoms with Crippen LogP contribution in [0.25, 0.3) is 0 Å². The van der Waals surface area contributed by atoms with Gasteiger partial charge in [0.05, 0.1) is 0 Å². The van der Waals surface area contributed by atoms with Crippen molar-refractivity contribution >= 4 is 28.2 Å². The van der Waals surface area contributed by atoms with Crippen LogP contribution in [0.1, 0.15) is 48.0 Å². The number of nitrogens with zero attached hydrogens (tertiary/aromatic N) is 2. The molecule has 0 saturated carbocycles. The number of hydrogen-bond acceptors (Lipinski definition) is 5. The van der Waals surface area contributed by atoms with Gasteiger partial charge in [0.1, 0.15) is 5.01 Å². The zero-order valence-corrected chi connectivity index (χ0v) is 13.4. The van der Waals surface area contributed by atoms with Crippen LogP contribution in [0.5, 0.6) is 0 Å². The minimum atomic E-state index is -0.125. The Bertz CT molecular complexity index is 625. The van der Waals surface area contributed by atoms with Gasteiger partial charge in [-0.25, -0.2) is 0 Å². The van der Waals surface area contributed by atoms with Gasteiger partial charge >= 0.3 is 0 Å². The first-order chi connectivity index (χ1) is 10.7. The summed E-state index contributed by atoms with van der Waals surface area (Å²) in [5.74, 6) is -0.0605. The van der Waals surface area contributed by atoms with Crippen molar-refractivity contribution < 1.29 is 9.59 Å². The molecule has 5 nitrogen and oxygen atoms in total. The van der Waals surface area contributed by atoms with Crippen LogP contribution in [0.15, 0.2) is 30.3 Å². The van der Waals surface area contributed by atoms with E-state index in [4.69, 9.17) is 0 Å². The van der Waals surface area contributed by atoms with Crippen LogP contribution in [-0.2, 0) is 11.2 Å². The summed E-state index contributed by atoms with van der Waals surface area (Å²) in [7, 11) is 0. The van der Waals surface area contributed by atoms with Crippen LogP contribution in [0.2, 0.25) is 0 Å². The van der Waals surface area contributed by atoms with Gasteiger partial charge in [0.2, 0.25) is 11.0 Å². The lowest BCUT2D eigenvalue weighted by Gasteiger charge is -2.02. The number of carbonyl (C=O) groups is 2. The molecule has 1 N–H and O–H groups in total.